The van der Waals surface area contributed by atoms with Gasteiger partial charge in [-0.25, -0.2) is 9.78 Å². The summed E-state index contributed by atoms with van der Waals surface area (Å²) >= 11 is 0. The van der Waals surface area contributed by atoms with E-state index < -0.39 is 0 Å². The summed E-state index contributed by atoms with van der Waals surface area (Å²) in [4.78, 5) is 17.9. The van der Waals surface area contributed by atoms with Crippen molar-refractivity contribution in [3.8, 4) is 12.3 Å². The number of hydrogen-bond acceptors (Lipinski definition) is 4. The number of rotatable bonds is 6. The Morgan fingerprint density at radius 3 is 2.89 bits per heavy atom. The molecule has 1 aliphatic carbocycles. The van der Waals surface area contributed by atoms with Crippen molar-refractivity contribution in [2.24, 2.45) is 5.92 Å². The standard InChI is InChI=1S/C15H18N2O2/c1-3-9-17(11-12-5-6-12)14-8-7-13(10-16-14)15(18)19-4-2/h1,7-8,10,12H,4-6,9,11H2,2H3. The maximum absolute atomic E-state index is 11.5. The first-order chi connectivity index (χ1) is 9.24. The van der Waals surface area contributed by atoms with Crippen LogP contribution in [-0.4, -0.2) is 30.6 Å². The molecule has 4 heteroatoms. The molecule has 0 unspecified atom stereocenters. The first kappa shape index (κ1) is 13.4. The third-order valence-electron chi connectivity index (χ3n) is 3.04. The zero-order chi connectivity index (χ0) is 13.7. The van der Waals surface area contributed by atoms with E-state index in [0.29, 0.717) is 18.7 Å². The highest BCUT2D eigenvalue weighted by Gasteiger charge is 2.24. The molecule has 0 radical (unpaired) electrons. The number of anilines is 1. The molecule has 0 bridgehead atoms. The van der Waals surface area contributed by atoms with Crippen molar-refractivity contribution in [3.05, 3.63) is 23.9 Å². The molecule has 1 saturated carbocycles. The van der Waals surface area contributed by atoms with E-state index in [0.717, 1.165) is 18.3 Å². The van der Waals surface area contributed by atoms with Gasteiger partial charge in [0.2, 0.25) is 0 Å². The smallest absolute Gasteiger partial charge is 0.339 e. The Morgan fingerprint density at radius 2 is 2.37 bits per heavy atom. The van der Waals surface area contributed by atoms with Crippen LogP contribution in [0.5, 0.6) is 0 Å². The number of aromatic nitrogens is 1. The lowest BCUT2D eigenvalue weighted by atomic mass is 10.2. The average molecular weight is 258 g/mol. The van der Waals surface area contributed by atoms with Gasteiger partial charge in [-0.1, -0.05) is 5.92 Å². The summed E-state index contributed by atoms with van der Waals surface area (Å²) in [6.07, 6.45) is 9.46. The van der Waals surface area contributed by atoms with E-state index in [9.17, 15) is 4.79 Å². The predicted octanol–water partition coefficient (Wildman–Crippen LogP) is 2.11. The maximum Gasteiger partial charge on any atom is 0.339 e. The van der Waals surface area contributed by atoms with Gasteiger partial charge < -0.3 is 9.64 Å². The predicted molar refractivity (Wildman–Crippen MR) is 74.0 cm³/mol. The second kappa shape index (κ2) is 6.24. The summed E-state index contributed by atoms with van der Waals surface area (Å²) in [5, 5.41) is 0. The Hall–Kier alpha value is -2.02. The molecular formula is C15H18N2O2. The molecule has 0 spiro atoms. The van der Waals surface area contributed by atoms with Gasteiger partial charge in [-0.3, -0.25) is 0 Å². The quantitative estimate of drug-likeness (QED) is 0.579. The van der Waals surface area contributed by atoms with Crippen LogP contribution < -0.4 is 4.90 Å². The van der Waals surface area contributed by atoms with E-state index >= 15 is 0 Å². The van der Waals surface area contributed by atoms with Gasteiger partial charge >= 0.3 is 5.97 Å². The van der Waals surface area contributed by atoms with Crippen LogP contribution in [0.15, 0.2) is 18.3 Å². The molecule has 1 fully saturated rings. The minimum Gasteiger partial charge on any atom is -0.462 e. The molecule has 1 heterocycles. The van der Waals surface area contributed by atoms with Gasteiger partial charge in [0.15, 0.2) is 0 Å². The van der Waals surface area contributed by atoms with Crippen molar-refractivity contribution >= 4 is 11.8 Å². The minimum atomic E-state index is -0.341. The lowest BCUT2D eigenvalue weighted by Gasteiger charge is -2.21. The summed E-state index contributed by atoms with van der Waals surface area (Å²) in [6.45, 7) is 3.63. The van der Waals surface area contributed by atoms with E-state index in [1.165, 1.54) is 12.8 Å². The maximum atomic E-state index is 11.5. The Morgan fingerprint density at radius 1 is 1.58 bits per heavy atom. The van der Waals surface area contributed by atoms with Gasteiger partial charge in [-0.05, 0) is 37.8 Å². The third-order valence-corrected chi connectivity index (χ3v) is 3.04. The second-order valence-corrected chi connectivity index (χ2v) is 4.65. The molecule has 0 amide bonds. The van der Waals surface area contributed by atoms with Crippen LogP contribution in [0.2, 0.25) is 0 Å². The fourth-order valence-electron chi connectivity index (χ4n) is 1.87. The zero-order valence-electron chi connectivity index (χ0n) is 11.1. The highest BCUT2D eigenvalue weighted by Crippen LogP contribution is 2.30. The molecule has 100 valence electrons. The lowest BCUT2D eigenvalue weighted by Crippen LogP contribution is -2.27. The lowest BCUT2D eigenvalue weighted by molar-refractivity contribution is 0.0526. The summed E-state index contributed by atoms with van der Waals surface area (Å²) in [5.74, 6) is 3.86. The molecule has 0 atom stereocenters. The number of ether oxygens (including phenoxy) is 1. The molecule has 2 rings (SSSR count). The SMILES string of the molecule is C#CCN(CC1CC1)c1ccc(C(=O)OCC)cn1. The van der Waals surface area contributed by atoms with E-state index in [1.54, 1.807) is 19.2 Å². The second-order valence-electron chi connectivity index (χ2n) is 4.65. The molecule has 1 aliphatic rings. The van der Waals surface area contributed by atoms with Crippen molar-refractivity contribution in [2.75, 3.05) is 24.6 Å². The van der Waals surface area contributed by atoms with Crippen molar-refractivity contribution in [2.45, 2.75) is 19.8 Å². The highest BCUT2D eigenvalue weighted by molar-refractivity contribution is 5.89. The Bertz CT molecular complexity index is 472. The third kappa shape index (κ3) is 3.72. The number of pyridine rings is 1. The summed E-state index contributed by atoms with van der Waals surface area (Å²) in [6, 6.07) is 3.56. The van der Waals surface area contributed by atoms with Crippen LogP contribution in [0, 0.1) is 18.3 Å². The van der Waals surface area contributed by atoms with E-state index in [-0.39, 0.29) is 5.97 Å². The van der Waals surface area contributed by atoms with Crippen molar-refractivity contribution < 1.29 is 9.53 Å². The topological polar surface area (TPSA) is 42.4 Å². The van der Waals surface area contributed by atoms with Crippen LogP contribution in [0.4, 0.5) is 5.82 Å². The number of nitrogens with zero attached hydrogens (tertiary/aromatic N) is 2. The summed E-state index contributed by atoms with van der Waals surface area (Å²) < 4.78 is 4.93. The van der Waals surface area contributed by atoms with E-state index in [2.05, 4.69) is 15.8 Å². The van der Waals surface area contributed by atoms with Gasteiger partial charge in [0.25, 0.3) is 0 Å². The van der Waals surface area contributed by atoms with E-state index in [4.69, 9.17) is 11.2 Å². The normalized spacial score (nSPS) is 13.7. The van der Waals surface area contributed by atoms with Crippen molar-refractivity contribution in [1.29, 1.82) is 0 Å². The van der Waals surface area contributed by atoms with Crippen LogP contribution in [-0.2, 0) is 4.74 Å². The number of carbonyl (C=O) groups is 1. The fraction of sp³-hybridized carbons (Fsp3) is 0.467. The summed E-state index contributed by atoms with van der Waals surface area (Å²) in [5.41, 5.74) is 0.470. The molecule has 0 aliphatic heterocycles. The first-order valence-electron chi connectivity index (χ1n) is 6.56. The van der Waals surface area contributed by atoms with Crippen LogP contribution >= 0.6 is 0 Å². The van der Waals surface area contributed by atoms with Gasteiger partial charge in [-0.2, -0.15) is 0 Å². The number of hydrogen-bond donors (Lipinski definition) is 0. The minimum absolute atomic E-state index is 0.341. The number of esters is 1. The fourth-order valence-corrected chi connectivity index (χ4v) is 1.87. The van der Waals surface area contributed by atoms with Gasteiger partial charge in [0.05, 0.1) is 18.7 Å². The average Bonchev–Trinajstić information content (AvgIpc) is 3.23. The Kier molecular flexibility index (Phi) is 4.40. The van der Waals surface area contributed by atoms with Crippen LogP contribution in [0.25, 0.3) is 0 Å². The van der Waals surface area contributed by atoms with E-state index in [1.807, 2.05) is 6.07 Å². The molecule has 0 N–H and O–H groups in total. The Labute approximate surface area is 113 Å². The van der Waals surface area contributed by atoms with Crippen molar-refractivity contribution in [1.82, 2.24) is 4.98 Å². The van der Waals surface area contributed by atoms with Crippen molar-refractivity contribution in [3.63, 3.8) is 0 Å². The van der Waals surface area contributed by atoms with Crippen LogP contribution in [0.3, 0.4) is 0 Å². The molecular weight excluding hydrogens is 240 g/mol. The number of carbonyl (C=O) groups excluding carboxylic acids is 1. The van der Waals surface area contributed by atoms with Gasteiger partial charge in [-0.15, -0.1) is 6.42 Å². The monoisotopic (exact) mass is 258 g/mol. The molecule has 1 aromatic rings. The summed E-state index contributed by atoms with van der Waals surface area (Å²) in [7, 11) is 0. The molecule has 0 saturated heterocycles. The largest absolute Gasteiger partial charge is 0.462 e. The molecule has 0 aromatic carbocycles. The molecule has 4 nitrogen and oxygen atoms in total. The molecule has 19 heavy (non-hydrogen) atoms. The Balaban J connectivity index is 2.06. The highest BCUT2D eigenvalue weighted by atomic mass is 16.5. The number of terminal acetylenes is 1. The first-order valence-corrected chi connectivity index (χ1v) is 6.56. The van der Waals surface area contributed by atoms with Crippen LogP contribution in [0.1, 0.15) is 30.1 Å². The zero-order valence-corrected chi connectivity index (χ0v) is 11.1. The molecule has 1 aromatic heterocycles. The van der Waals surface area contributed by atoms with Gasteiger partial charge in [0.1, 0.15) is 5.82 Å². The van der Waals surface area contributed by atoms with Gasteiger partial charge in [0, 0.05) is 12.7 Å².